The zero-order valence-electron chi connectivity index (χ0n) is 50.0. The fourth-order valence-corrected chi connectivity index (χ4v) is 15.1. The van der Waals surface area contributed by atoms with Gasteiger partial charge in [-0.3, -0.25) is 33.9 Å². The first-order valence-electron chi connectivity index (χ1n) is 31.0. The van der Waals surface area contributed by atoms with E-state index < -0.39 is 16.6 Å². The number of halogens is 1. The molecule has 18 nitrogen and oxygen atoms in total. The van der Waals surface area contributed by atoms with Crippen LogP contribution in [0.25, 0.3) is 22.3 Å². The molecule has 4 amide bonds. The van der Waals surface area contributed by atoms with Crippen LogP contribution in [0.15, 0.2) is 123 Å². The van der Waals surface area contributed by atoms with Gasteiger partial charge in [0.25, 0.3) is 23.6 Å². The van der Waals surface area contributed by atoms with Crippen molar-refractivity contribution in [3.63, 3.8) is 0 Å². The predicted molar refractivity (Wildman–Crippen MR) is 340 cm³/mol. The van der Waals surface area contributed by atoms with Crippen molar-refractivity contribution >= 4 is 64.4 Å². The number of nitriles is 2. The lowest BCUT2D eigenvalue weighted by molar-refractivity contribution is -0.133. The standard InChI is InChI=1S/C27H37N5O2.C23H24ClN3O3.C18H16N4OS/c1-32-25(34)27(31-26(32)29,15-14-19-6-3-2-4-7-19)17-21-8-5-9-23(16-21)30-24(33)22-12-10-20(18-28)11-13-22;24-19-6-2-4-16(14-19)15-3-1-5-18(13-15)23(17-7-8-17)21(28)27(22(25)26-23)10-9-20-29-11-12-30-20;1-22-16(23)18(14-5-6-14,21-17(22)20)15-8-13(10-24-15)12-4-2-3-11(7-12)9-19/h10-13,19,21,23H,2-9,14-17H2,1H3,(H2,29,31)(H,30,33);1-6,13-14,17,20H,7-12H2,(H2,25,26);2-4,7-8,10,14H,5-6H2,1H3,(H2,20,21)/t21-,23+,27+;;/m0../s1. The number of benzene rings is 4. The quantitative estimate of drug-likeness (QED) is 0.0721. The molecule has 5 atom stereocenters. The van der Waals surface area contributed by atoms with Crippen molar-refractivity contribution < 1.29 is 28.7 Å². The Balaban J connectivity index is 0.000000138. The van der Waals surface area contributed by atoms with E-state index in [9.17, 15) is 19.2 Å². The van der Waals surface area contributed by atoms with E-state index in [1.807, 2.05) is 78.2 Å². The van der Waals surface area contributed by atoms with E-state index in [2.05, 4.69) is 22.4 Å². The Kier molecular flexibility index (Phi) is 18.5. The summed E-state index contributed by atoms with van der Waals surface area (Å²) in [6, 6.07) is 36.3. The molecule has 2 unspecified atom stereocenters. The van der Waals surface area contributed by atoms with Crippen molar-refractivity contribution in [1.29, 1.82) is 10.5 Å². The number of hydrogen-bond donors (Lipinski definition) is 4. The minimum absolute atomic E-state index is 0.0320. The molecule has 4 saturated carbocycles. The number of carbonyl (C=O) groups is 4. The largest absolute Gasteiger partial charge is 0.369 e. The number of aliphatic imine (C=N–C) groups is 3. The van der Waals surface area contributed by atoms with Crippen molar-refractivity contribution in [3.05, 3.63) is 141 Å². The lowest BCUT2D eigenvalue weighted by atomic mass is 9.74. The van der Waals surface area contributed by atoms with Gasteiger partial charge in [0.2, 0.25) is 0 Å². The highest BCUT2D eigenvalue weighted by atomic mass is 35.5. The Labute approximate surface area is 523 Å². The van der Waals surface area contributed by atoms with Crippen LogP contribution in [0.3, 0.4) is 0 Å². The molecule has 458 valence electrons. The van der Waals surface area contributed by atoms with Gasteiger partial charge < -0.3 is 32.0 Å². The van der Waals surface area contributed by atoms with Crippen molar-refractivity contribution in [3.8, 4) is 34.4 Å². The number of rotatable bonds is 16. The molecule has 0 spiro atoms. The normalized spacial score (nSPS) is 25.4. The smallest absolute Gasteiger partial charge is 0.262 e. The van der Waals surface area contributed by atoms with Crippen molar-refractivity contribution in [2.45, 2.75) is 138 Å². The Bertz CT molecular complexity index is 3610. The predicted octanol–water partition coefficient (Wildman–Crippen LogP) is 10.3. The fraction of sp³-hybridized carbons (Fsp3) is 0.456. The molecular weight excluding hydrogens is 1150 g/mol. The first kappa shape index (κ1) is 61.7. The van der Waals surface area contributed by atoms with Gasteiger partial charge in [0, 0.05) is 48.6 Å². The molecule has 7 N–H and O–H groups in total. The minimum atomic E-state index is -0.948. The number of carbonyl (C=O) groups excluding carboxylic acids is 4. The van der Waals surface area contributed by atoms with E-state index in [0.717, 1.165) is 96.9 Å². The first-order chi connectivity index (χ1) is 42.5. The maximum atomic E-state index is 13.7. The van der Waals surface area contributed by atoms with Crippen molar-refractivity contribution in [2.75, 3.05) is 33.9 Å². The van der Waals surface area contributed by atoms with Gasteiger partial charge in [-0.25, -0.2) is 15.0 Å². The number of ether oxygens (including phenoxy) is 2. The number of nitrogens with zero attached hydrogens (tertiary/aromatic N) is 8. The Morgan fingerprint density at radius 2 is 1.28 bits per heavy atom. The highest BCUT2D eigenvalue weighted by Crippen LogP contribution is 2.54. The second-order valence-corrected chi connectivity index (χ2v) is 26.1. The average Bonchev–Trinajstić information content (AvgIpc) is 1.72. The summed E-state index contributed by atoms with van der Waals surface area (Å²) in [6.07, 6.45) is 17.0. The Hall–Kier alpha value is -7.94. The van der Waals surface area contributed by atoms with Crippen LogP contribution in [-0.2, 0) is 34.9 Å². The molecule has 4 aromatic carbocycles. The molecular formula is C68H77ClN12O6S. The molecule has 5 fully saturated rings. The summed E-state index contributed by atoms with van der Waals surface area (Å²) >= 11 is 7.72. The van der Waals surface area contributed by atoms with Crippen LogP contribution in [0.2, 0.25) is 5.02 Å². The maximum absolute atomic E-state index is 13.7. The summed E-state index contributed by atoms with van der Waals surface area (Å²) in [5, 5.41) is 23.9. The van der Waals surface area contributed by atoms with Crippen molar-refractivity contribution in [1.82, 2.24) is 20.0 Å². The van der Waals surface area contributed by atoms with Crippen LogP contribution in [0, 0.1) is 46.3 Å². The molecule has 20 heteroatoms. The average molecular weight is 1230 g/mol. The monoisotopic (exact) mass is 1220 g/mol. The van der Waals surface area contributed by atoms with Gasteiger partial charge in [0.15, 0.2) is 35.2 Å². The SMILES string of the molecule is CN1C(=O)C(c2cc(-c3cccc(C#N)c3)cs2)(C2CC2)N=C1N.CN1C(=O)[C@@](CCC2CCCCC2)(C[C@H]2CCC[C@@H](NC(=O)c3ccc(C#N)cc3)C2)N=C1N.NC1=NC(c2cccc(-c3cccc(Cl)c3)c2)(C2CC2)C(=O)N1CCC1OCCO1. The summed E-state index contributed by atoms with van der Waals surface area (Å²) < 4.78 is 11.0. The molecule has 1 saturated heterocycles. The summed E-state index contributed by atoms with van der Waals surface area (Å²) in [5.41, 5.74) is 22.3. The summed E-state index contributed by atoms with van der Waals surface area (Å²) in [4.78, 5) is 72.2. The van der Waals surface area contributed by atoms with Gasteiger partial charge in [0.1, 0.15) is 5.54 Å². The molecule has 0 bridgehead atoms. The van der Waals surface area contributed by atoms with Gasteiger partial charge in [-0.1, -0.05) is 99.0 Å². The number of nitrogens with one attached hydrogen (secondary N) is 1. The van der Waals surface area contributed by atoms with E-state index in [1.165, 1.54) is 53.2 Å². The third kappa shape index (κ3) is 13.0. The molecule has 5 heterocycles. The lowest BCUT2D eigenvalue weighted by Gasteiger charge is -2.35. The minimum Gasteiger partial charge on any atom is -0.369 e. The van der Waals surface area contributed by atoms with Gasteiger partial charge in [-0.15, -0.1) is 11.3 Å². The van der Waals surface area contributed by atoms with E-state index in [4.69, 9.17) is 58.8 Å². The third-order valence-electron chi connectivity index (χ3n) is 18.9. The number of guanidine groups is 3. The second-order valence-electron chi connectivity index (χ2n) is 24.8. The molecule has 88 heavy (non-hydrogen) atoms. The van der Waals surface area contributed by atoms with Crippen molar-refractivity contribution in [2.24, 2.45) is 55.8 Å². The summed E-state index contributed by atoms with van der Waals surface area (Å²) in [6.45, 7) is 1.61. The molecule has 13 rings (SSSR count). The van der Waals surface area contributed by atoms with Crippen LogP contribution < -0.4 is 22.5 Å². The molecule has 1 aromatic heterocycles. The van der Waals surface area contributed by atoms with Gasteiger partial charge in [0.05, 0.1) is 36.5 Å². The van der Waals surface area contributed by atoms with Crippen LogP contribution in [0.5, 0.6) is 0 Å². The molecule has 5 aromatic rings. The van der Waals surface area contributed by atoms with E-state index in [1.54, 1.807) is 49.3 Å². The van der Waals surface area contributed by atoms with Crippen LogP contribution in [0.1, 0.15) is 141 Å². The highest BCUT2D eigenvalue weighted by molar-refractivity contribution is 7.10. The van der Waals surface area contributed by atoms with E-state index >= 15 is 0 Å². The maximum Gasteiger partial charge on any atom is 0.262 e. The van der Waals surface area contributed by atoms with Crippen LogP contribution in [0.4, 0.5) is 0 Å². The summed E-state index contributed by atoms with van der Waals surface area (Å²) in [5.74, 6) is 2.12. The zero-order valence-corrected chi connectivity index (χ0v) is 51.6. The van der Waals surface area contributed by atoms with Crippen LogP contribution >= 0.6 is 22.9 Å². The number of likely N-dealkylation sites (N-methyl/N-ethyl adjacent to an activating group) is 2. The Morgan fingerprint density at radius 3 is 1.93 bits per heavy atom. The Morgan fingerprint density at radius 1 is 0.659 bits per heavy atom. The third-order valence-corrected chi connectivity index (χ3v) is 20.2. The molecule has 4 aliphatic carbocycles. The summed E-state index contributed by atoms with van der Waals surface area (Å²) in [7, 11) is 3.40. The van der Waals surface area contributed by atoms with E-state index in [-0.39, 0.29) is 59.7 Å². The van der Waals surface area contributed by atoms with Gasteiger partial charge in [-0.2, -0.15) is 10.5 Å². The van der Waals surface area contributed by atoms with Gasteiger partial charge in [-0.05, 0) is 175 Å². The first-order valence-corrected chi connectivity index (χ1v) is 32.2. The fourth-order valence-electron chi connectivity index (χ4n) is 13.8. The molecule has 4 aliphatic heterocycles. The number of hydrogen-bond acceptors (Lipinski definition) is 15. The number of amides is 4. The number of nitrogens with two attached hydrogens (primary N) is 3. The lowest BCUT2D eigenvalue weighted by Crippen LogP contribution is -2.45. The van der Waals surface area contributed by atoms with Crippen LogP contribution in [-0.4, -0.2) is 108 Å². The zero-order chi connectivity index (χ0) is 61.7. The molecule has 8 aliphatic rings. The highest BCUT2D eigenvalue weighted by Gasteiger charge is 2.59. The van der Waals surface area contributed by atoms with Gasteiger partial charge >= 0.3 is 0 Å². The number of thiophene rings is 1. The topological polar surface area (TPSA) is 271 Å². The second kappa shape index (κ2) is 26.4. The van der Waals surface area contributed by atoms with E-state index in [0.29, 0.717) is 72.1 Å². The molecule has 0 radical (unpaired) electrons.